The summed E-state index contributed by atoms with van der Waals surface area (Å²) in [5.41, 5.74) is -0.0290. The van der Waals surface area contributed by atoms with Crippen LogP contribution < -0.4 is 16.6 Å². The standard InChI is InChI=1S/C21H21N3O4/c25-19(22-13-16-9-6-12-28-16)14-23-18-11-5-4-10-17(18)20(26)24(21(23)27)15-7-2-1-3-8-15/h1-5,7-8,10-11,16H,6,9,12-14H2,(H,22,25). The molecule has 0 spiro atoms. The van der Waals surface area contributed by atoms with Gasteiger partial charge in [0.05, 0.1) is 22.7 Å². The van der Waals surface area contributed by atoms with Crippen molar-refractivity contribution >= 4 is 16.8 Å². The van der Waals surface area contributed by atoms with Crippen LogP contribution in [0, 0.1) is 0 Å². The Morgan fingerprint density at radius 2 is 1.82 bits per heavy atom. The predicted molar refractivity (Wildman–Crippen MR) is 106 cm³/mol. The van der Waals surface area contributed by atoms with Gasteiger partial charge in [-0.05, 0) is 37.1 Å². The molecule has 7 nitrogen and oxygen atoms in total. The molecule has 1 unspecified atom stereocenters. The van der Waals surface area contributed by atoms with Gasteiger partial charge < -0.3 is 10.1 Å². The molecule has 2 heterocycles. The molecular weight excluding hydrogens is 358 g/mol. The molecule has 3 aromatic rings. The Morgan fingerprint density at radius 1 is 1.07 bits per heavy atom. The molecule has 28 heavy (non-hydrogen) atoms. The van der Waals surface area contributed by atoms with Gasteiger partial charge in [-0.3, -0.25) is 14.2 Å². The molecule has 7 heteroatoms. The molecule has 0 saturated carbocycles. The lowest BCUT2D eigenvalue weighted by atomic mass is 10.2. The number of hydrogen-bond donors (Lipinski definition) is 1. The summed E-state index contributed by atoms with van der Waals surface area (Å²) in [6, 6.07) is 15.5. The Labute approximate surface area is 161 Å². The Bertz CT molecular complexity index is 1110. The molecule has 2 aromatic carbocycles. The molecule has 0 aliphatic carbocycles. The molecule has 1 aliphatic rings. The number of hydrogen-bond acceptors (Lipinski definition) is 4. The maximum Gasteiger partial charge on any atom is 0.336 e. The highest BCUT2D eigenvalue weighted by molar-refractivity contribution is 5.81. The maximum atomic E-state index is 13.1. The second-order valence-electron chi connectivity index (χ2n) is 6.80. The summed E-state index contributed by atoms with van der Waals surface area (Å²) in [7, 11) is 0. The minimum Gasteiger partial charge on any atom is -0.376 e. The molecule has 1 amide bonds. The van der Waals surface area contributed by atoms with Crippen molar-refractivity contribution in [1.29, 1.82) is 0 Å². The summed E-state index contributed by atoms with van der Waals surface area (Å²) >= 11 is 0. The number of benzene rings is 2. The fraction of sp³-hybridized carbons (Fsp3) is 0.286. The number of amides is 1. The lowest BCUT2D eigenvalue weighted by Gasteiger charge is -2.15. The number of nitrogens with zero attached hydrogens (tertiary/aromatic N) is 2. The van der Waals surface area contributed by atoms with E-state index >= 15 is 0 Å². The Balaban J connectivity index is 1.73. The summed E-state index contributed by atoms with van der Waals surface area (Å²) in [6.07, 6.45) is 1.94. The third kappa shape index (κ3) is 3.48. The number of ether oxygens (including phenoxy) is 1. The van der Waals surface area contributed by atoms with Gasteiger partial charge in [0.25, 0.3) is 5.56 Å². The van der Waals surface area contributed by atoms with Crippen molar-refractivity contribution in [3.05, 3.63) is 75.4 Å². The van der Waals surface area contributed by atoms with E-state index in [9.17, 15) is 14.4 Å². The average Bonchev–Trinajstić information content (AvgIpc) is 3.24. The van der Waals surface area contributed by atoms with Crippen molar-refractivity contribution in [2.24, 2.45) is 0 Å². The van der Waals surface area contributed by atoms with Gasteiger partial charge in [-0.1, -0.05) is 30.3 Å². The third-order valence-electron chi connectivity index (χ3n) is 4.92. The van der Waals surface area contributed by atoms with Crippen LogP contribution in [0.1, 0.15) is 12.8 Å². The number of aromatic nitrogens is 2. The van der Waals surface area contributed by atoms with Gasteiger partial charge in [-0.15, -0.1) is 0 Å². The highest BCUT2D eigenvalue weighted by atomic mass is 16.5. The van der Waals surface area contributed by atoms with Crippen LogP contribution in [0.2, 0.25) is 0 Å². The van der Waals surface area contributed by atoms with Gasteiger partial charge in [0.1, 0.15) is 6.54 Å². The predicted octanol–water partition coefficient (Wildman–Crippen LogP) is 1.45. The van der Waals surface area contributed by atoms with E-state index in [0.29, 0.717) is 29.7 Å². The molecule has 4 rings (SSSR count). The van der Waals surface area contributed by atoms with E-state index in [1.807, 2.05) is 6.07 Å². The lowest BCUT2D eigenvalue weighted by molar-refractivity contribution is -0.122. The van der Waals surface area contributed by atoms with Crippen molar-refractivity contribution in [3.63, 3.8) is 0 Å². The summed E-state index contributed by atoms with van der Waals surface area (Å²) in [5.74, 6) is -0.291. The normalized spacial score (nSPS) is 16.4. The van der Waals surface area contributed by atoms with Crippen LogP contribution >= 0.6 is 0 Å². The molecule has 144 valence electrons. The van der Waals surface area contributed by atoms with E-state index in [1.54, 1.807) is 48.5 Å². The highest BCUT2D eigenvalue weighted by Crippen LogP contribution is 2.11. The number of para-hydroxylation sites is 2. The zero-order chi connectivity index (χ0) is 19.5. The van der Waals surface area contributed by atoms with Crippen molar-refractivity contribution in [2.45, 2.75) is 25.5 Å². The van der Waals surface area contributed by atoms with Crippen LogP contribution in [0.25, 0.3) is 16.6 Å². The average molecular weight is 379 g/mol. The van der Waals surface area contributed by atoms with Gasteiger partial charge in [0, 0.05) is 13.2 Å². The summed E-state index contributed by atoms with van der Waals surface area (Å²) < 4.78 is 7.96. The minimum atomic E-state index is -0.540. The monoisotopic (exact) mass is 379 g/mol. The molecular formula is C21H21N3O4. The summed E-state index contributed by atoms with van der Waals surface area (Å²) in [4.78, 5) is 38.5. The summed E-state index contributed by atoms with van der Waals surface area (Å²) in [6.45, 7) is 0.968. The summed E-state index contributed by atoms with van der Waals surface area (Å²) in [5, 5.41) is 3.21. The maximum absolute atomic E-state index is 13.1. The molecule has 1 N–H and O–H groups in total. The van der Waals surface area contributed by atoms with Crippen molar-refractivity contribution in [2.75, 3.05) is 13.2 Å². The van der Waals surface area contributed by atoms with Gasteiger partial charge in [0.15, 0.2) is 0 Å². The Hall–Kier alpha value is -3.19. The van der Waals surface area contributed by atoms with E-state index in [4.69, 9.17) is 4.74 Å². The SMILES string of the molecule is O=C(Cn1c(=O)n(-c2ccccc2)c(=O)c2ccccc21)NCC1CCCO1. The van der Waals surface area contributed by atoms with Gasteiger partial charge >= 0.3 is 5.69 Å². The number of nitrogens with one attached hydrogen (secondary N) is 1. The van der Waals surface area contributed by atoms with Crippen LogP contribution in [0.3, 0.4) is 0 Å². The first-order chi connectivity index (χ1) is 13.6. The number of fused-ring (bicyclic) bond motifs is 1. The quantitative estimate of drug-likeness (QED) is 0.727. The first kappa shape index (κ1) is 18.2. The number of carbonyl (C=O) groups is 1. The lowest BCUT2D eigenvalue weighted by Crippen LogP contribution is -2.42. The van der Waals surface area contributed by atoms with Crippen LogP contribution in [-0.4, -0.2) is 34.3 Å². The van der Waals surface area contributed by atoms with E-state index in [-0.39, 0.29) is 18.6 Å². The topological polar surface area (TPSA) is 82.3 Å². The smallest absolute Gasteiger partial charge is 0.336 e. The van der Waals surface area contributed by atoms with Crippen LogP contribution in [0.5, 0.6) is 0 Å². The molecule has 1 aromatic heterocycles. The Morgan fingerprint density at radius 3 is 2.57 bits per heavy atom. The fourth-order valence-electron chi connectivity index (χ4n) is 3.51. The molecule has 0 radical (unpaired) electrons. The van der Waals surface area contributed by atoms with Crippen molar-refractivity contribution in [3.8, 4) is 5.69 Å². The molecule has 0 bridgehead atoms. The zero-order valence-corrected chi connectivity index (χ0v) is 15.3. The Kier molecular flexibility index (Phi) is 5.08. The second kappa shape index (κ2) is 7.82. The van der Waals surface area contributed by atoms with Crippen molar-refractivity contribution < 1.29 is 9.53 Å². The first-order valence-corrected chi connectivity index (χ1v) is 9.33. The zero-order valence-electron chi connectivity index (χ0n) is 15.3. The van der Waals surface area contributed by atoms with Crippen molar-refractivity contribution in [1.82, 2.24) is 14.5 Å². The largest absolute Gasteiger partial charge is 0.376 e. The van der Waals surface area contributed by atoms with Gasteiger partial charge in [-0.25, -0.2) is 9.36 Å². The molecule has 1 atom stereocenters. The van der Waals surface area contributed by atoms with E-state index in [1.165, 1.54) is 4.57 Å². The number of carbonyl (C=O) groups excluding carboxylic acids is 1. The van der Waals surface area contributed by atoms with Gasteiger partial charge in [-0.2, -0.15) is 0 Å². The van der Waals surface area contributed by atoms with E-state index < -0.39 is 11.2 Å². The minimum absolute atomic E-state index is 0.0238. The second-order valence-corrected chi connectivity index (χ2v) is 6.80. The van der Waals surface area contributed by atoms with Crippen LogP contribution in [-0.2, 0) is 16.1 Å². The van der Waals surface area contributed by atoms with Gasteiger partial charge in [0.2, 0.25) is 5.91 Å². The highest BCUT2D eigenvalue weighted by Gasteiger charge is 2.19. The van der Waals surface area contributed by atoms with Crippen LogP contribution in [0.4, 0.5) is 0 Å². The first-order valence-electron chi connectivity index (χ1n) is 9.33. The molecule has 1 aliphatic heterocycles. The van der Waals surface area contributed by atoms with Crippen LogP contribution in [0.15, 0.2) is 64.2 Å². The molecule has 1 fully saturated rings. The van der Waals surface area contributed by atoms with E-state index in [0.717, 1.165) is 17.4 Å². The number of rotatable bonds is 5. The third-order valence-corrected chi connectivity index (χ3v) is 4.92. The van der Waals surface area contributed by atoms with E-state index in [2.05, 4.69) is 5.32 Å². The molecule has 1 saturated heterocycles. The fourth-order valence-corrected chi connectivity index (χ4v) is 3.51.